The molecule has 1 amide bonds. The summed E-state index contributed by atoms with van der Waals surface area (Å²) < 4.78 is 42.7. The number of esters is 1. The molecule has 1 aliphatic rings. The molecule has 3 aromatic rings. The number of rotatable bonds is 9. The molecule has 0 saturated heterocycles. The summed E-state index contributed by atoms with van der Waals surface area (Å²) >= 11 is 0. The van der Waals surface area contributed by atoms with Crippen molar-refractivity contribution in [3.63, 3.8) is 0 Å². The van der Waals surface area contributed by atoms with E-state index in [0.29, 0.717) is 11.5 Å². The van der Waals surface area contributed by atoms with Crippen LogP contribution in [0.4, 0.5) is 5.69 Å². The minimum Gasteiger partial charge on any atom is -0.454 e. The second kappa shape index (κ2) is 10.7. The summed E-state index contributed by atoms with van der Waals surface area (Å²) in [6.07, 6.45) is 1.46. The smallest absolute Gasteiger partial charge is 0.338 e. The summed E-state index contributed by atoms with van der Waals surface area (Å²) in [5, 5.41) is 3.69. The highest BCUT2D eigenvalue weighted by molar-refractivity contribution is 7.95. The van der Waals surface area contributed by atoms with E-state index in [0.717, 1.165) is 16.5 Å². The Morgan fingerprint density at radius 2 is 1.74 bits per heavy atom. The van der Waals surface area contributed by atoms with E-state index in [1.54, 1.807) is 42.5 Å². The number of carbonyl (C=O) groups is 2. The first-order chi connectivity index (χ1) is 16.9. The highest BCUT2D eigenvalue weighted by atomic mass is 32.2. The maximum Gasteiger partial charge on any atom is 0.338 e. The first-order valence-corrected chi connectivity index (χ1v) is 12.1. The van der Waals surface area contributed by atoms with Gasteiger partial charge < -0.3 is 19.5 Å². The van der Waals surface area contributed by atoms with Crippen LogP contribution in [0.2, 0.25) is 0 Å². The van der Waals surface area contributed by atoms with E-state index in [2.05, 4.69) is 10.0 Å². The van der Waals surface area contributed by atoms with Gasteiger partial charge in [0.1, 0.15) is 0 Å². The maximum atomic E-state index is 12.4. The highest BCUT2D eigenvalue weighted by Gasteiger charge is 2.15. The van der Waals surface area contributed by atoms with Crippen molar-refractivity contribution in [3.05, 3.63) is 94.9 Å². The Morgan fingerprint density at radius 3 is 2.57 bits per heavy atom. The van der Waals surface area contributed by atoms with Crippen molar-refractivity contribution in [1.29, 1.82) is 0 Å². The van der Waals surface area contributed by atoms with Gasteiger partial charge in [0, 0.05) is 12.2 Å². The second-order valence-corrected chi connectivity index (χ2v) is 9.05. The summed E-state index contributed by atoms with van der Waals surface area (Å²) in [4.78, 5) is 24.4. The van der Waals surface area contributed by atoms with Crippen LogP contribution in [-0.4, -0.2) is 33.7 Å². The zero-order valence-electron chi connectivity index (χ0n) is 18.5. The number of nitrogens with one attached hydrogen (secondary N) is 2. The van der Waals surface area contributed by atoms with E-state index in [1.807, 2.05) is 6.07 Å². The Labute approximate surface area is 202 Å². The minimum absolute atomic E-state index is 0.0980. The number of benzene rings is 3. The molecule has 9 nitrogen and oxygen atoms in total. The van der Waals surface area contributed by atoms with Crippen LogP contribution >= 0.6 is 0 Å². The van der Waals surface area contributed by atoms with Gasteiger partial charge in [-0.1, -0.05) is 42.5 Å². The topological polar surface area (TPSA) is 120 Å². The van der Waals surface area contributed by atoms with Crippen molar-refractivity contribution >= 4 is 33.7 Å². The van der Waals surface area contributed by atoms with E-state index < -0.39 is 28.5 Å². The fourth-order valence-electron chi connectivity index (χ4n) is 3.16. The fourth-order valence-corrected chi connectivity index (χ4v) is 4.02. The Kier molecular flexibility index (Phi) is 7.32. The molecule has 0 bridgehead atoms. The first-order valence-electron chi connectivity index (χ1n) is 10.6. The van der Waals surface area contributed by atoms with Gasteiger partial charge in [0.25, 0.3) is 15.9 Å². The molecule has 0 aromatic heterocycles. The molecular formula is C25H22N2O7S. The van der Waals surface area contributed by atoms with Crippen molar-refractivity contribution in [1.82, 2.24) is 5.32 Å². The number of carbonyl (C=O) groups excluding carboxylic acids is 2. The van der Waals surface area contributed by atoms with Gasteiger partial charge in [-0.05, 0) is 47.5 Å². The molecule has 0 saturated carbocycles. The largest absolute Gasteiger partial charge is 0.454 e. The predicted molar refractivity (Wildman–Crippen MR) is 129 cm³/mol. The van der Waals surface area contributed by atoms with Gasteiger partial charge in [-0.3, -0.25) is 9.52 Å². The molecule has 0 spiro atoms. The molecule has 10 heteroatoms. The molecule has 1 heterocycles. The van der Waals surface area contributed by atoms with Crippen LogP contribution in [0.3, 0.4) is 0 Å². The molecule has 3 aromatic carbocycles. The lowest BCUT2D eigenvalue weighted by atomic mass is 10.2. The van der Waals surface area contributed by atoms with E-state index in [4.69, 9.17) is 14.2 Å². The van der Waals surface area contributed by atoms with Gasteiger partial charge in [0.05, 0.1) is 11.0 Å². The van der Waals surface area contributed by atoms with Crippen LogP contribution in [0.5, 0.6) is 11.5 Å². The molecular weight excluding hydrogens is 472 g/mol. The number of hydrogen-bond donors (Lipinski definition) is 2. The number of sulfonamides is 1. The fraction of sp³-hybridized carbons (Fsp3) is 0.120. The van der Waals surface area contributed by atoms with Gasteiger partial charge in [0.15, 0.2) is 18.1 Å². The first kappa shape index (κ1) is 23.8. The Bertz CT molecular complexity index is 1360. The van der Waals surface area contributed by atoms with Crippen molar-refractivity contribution in [2.24, 2.45) is 0 Å². The Hall–Kier alpha value is -4.31. The van der Waals surface area contributed by atoms with Gasteiger partial charge in [-0.2, -0.15) is 0 Å². The SMILES string of the molecule is O=C(COC(=O)c1cccc(NS(=O)(=O)/C=C/c2ccccc2)c1)NCc1ccc2c(c1)OCO2. The van der Waals surface area contributed by atoms with Crippen LogP contribution in [0, 0.1) is 0 Å². The summed E-state index contributed by atoms with van der Waals surface area (Å²) in [6, 6.07) is 20.1. The zero-order valence-corrected chi connectivity index (χ0v) is 19.3. The van der Waals surface area contributed by atoms with E-state index >= 15 is 0 Å². The average molecular weight is 495 g/mol. The summed E-state index contributed by atoms with van der Waals surface area (Å²) in [5.41, 5.74) is 1.81. The maximum absolute atomic E-state index is 12.4. The molecule has 0 atom stereocenters. The van der Waals surface area contributed by atoms with E-state index in [9.17, 15) is 18.0 Å². The highest BCUT2D eigenvalue weighted by Crippen LogP contribution is 2.32. The number of hydrogen-bond acceptors (Lipinski definition) is 7. The lowest BCUT2D eigenvalue weighted by molar-refractivity contribution is -0.124. The predicted octanol–water partition coefficient (Wildman–Crippen LogP) is 3.30. The number of amides is 1. The number of ether oxygens (including phenoxy) is 3. The van der Waals surface area contributed by atoms with Crippen LogP contribution < -0.4 is 19.5 Å². The monoisotopic (exact) mass is 494 g/mol. The molecule has 180 valence electrons. The van der Waals surface area contributed by atoms with Crippen LogP contribution in [0.15, 0.2) is 78.2 Å². The molecule has 0 aliphatic carbocycles. The quantitative estimate of drug-likeness (QED) is 0.438. The molecule has 0 unspecified atom stereocenters. The molecule has 4 rings (SSSR count). The molecule has 0 radical (unpaired) electrons. The standard InChI is InChI=1S/C25H22N2O7S/c28-24(26-15-19-9-10-22-23(13-19)34-17-33-22)16-32-25(29)20-7-4-8-21(14-20)27-35(30,31)12-11-18-5-2-1-3-6-18/h1-14,27H,15-17H2,(H,26,28)/b12-11+. The molecule has 1 aliphatic heterocycles. The third-order valence-corrected chi connectivity index (χ3v) is 5.87. The lowest BCUT2D eigenvalue weighted by Crippen LogP contribution is -2.28. The Morgan fingerprint density at radius 1 is 0.943 bits per heavy atom. The van der Waals surface area contributed by atoms with Crippen LogP contribution in [-0.2, 0) is 26.1 Å². The average Bonchev–Trinajstić information content (AvgIpc) is 3.33. The van der Waals surface area contributed by atoms with Crippen molar-refractivity contribution < 1.29 is 32.2 Å². The third kappa shape index (κ3) is 6.84. The zero-order chi connectivity index (χ0) is 24.7. The van der Waals surface area contributed by atoms with E-state index in [-0.39, 0.29) is 24.6 Å². The van der Waals surface area contributed by atoms with Gasteiger partial charge in [-0.25, -0.2) is 13.2 Å². The van der Waals surface area contributed by atoms with Crippen molar-refractivity contribution in [2.45, 2.75) is 6.54 Å². The van der Waals surface area contributed by atoms with E-state index in [1.165, 1.54) is 30.3 Å². The molecule has 35 heavy (non-hydrogen) atoms. The lowest BCUT2D eigenvalue weighted by Gasteiger charge is -2.09. The van der Waals surface area contributed by atoms with Crippen LogP contribution in [0.1, 0.15) is 21.5 Å². The van der Waals surface area contributed by atoms with Crippen LogP contribution in [0.25, 0.3) is 6.08 Å². The normalized spacial score (nSPS) is 12.3. The van der Waals surface area contributed by atoms with Gasteiger partial charge in [-0.15, -0.1) is 0 Å². The molecule has 0 fully saturated rings. The summed E-state index contributed by atoms with van der Waals surface area (Å²) in [7, 11) is -3.80. The summed E-state index contributed by atoms with van der Waals surface area (Å²) in [5.74, 6) is 0.00279. The number of fused-ring (bicyclic) bond motifs is 1. The second-order valence-electron chi connectivity index (χ2n) is 7.48. The van der Waals surface area contributed by atoms with Crippen molar-refractivity contribution in [3.8, 4) is 11.5 Å². The van der Waals surface area contributed by atoms with Crippen molar-refractivity contribution in [2.75, 3.05) is 18.1 Å². The Balaban J connectivity index is 1.28. The van der Waals surface area contributed by atoms with Gasteiger partial charge >= 0.3 is 5.97 Å². The number of anilines is 1. The minimum atomic E-state index is -3.80. The third-order valence-electron chi connectivity index (χ3n) is 4.86. The molecule has 2 N–H and O–H groups in total. The van der Waals surface area contributed by atoms with Gasteiger partial charge in [0.2, 0.25) is 6.79 Å². The summed E-state index contributed by atoms with van der Waals surface area (Å²) in [6.45, 7) is -0.103.